The summed E-state index contributed by atoms with van der Waals surface area (Å²) in [5.74, 6) is 0.277. The van der Waals surface area contributed by atoms with Gasteiger partial charge in [0, 0.05) is 46.0 Å². The van der Waals surface area contributed by atoms with Gasteiger partial charge in [-0.25, -0.2) is 9.97 Å². The summed E-state index contributed by atoms with van der Waals surface area (Å²) in [6.07, 6.45) is 1.66. The van der Waals surface area contributed by atoms with Crippen molar-refractivity contribution in [3.8, 4) is 11.4 Å². The Balaban J connectivity index is 1.75. The Hall–Kier alpha value is -1.99. The molecule has 1 saturated heterocycles. The SMILES string of the molecule is CN1CCN(Cc2cc(-c3ccnc(N)n3)nn2C)CC1. The highest BCUT2D eigenvalue weighted by molar-refractivity contribution is 5.55. The number of aromatic nitrogens is 4. The monoisotopic (exact) mass is 287 g/mol. The predicted octanol–water partition coefficient (Wildman–Crippen LogP) is 0.207. The molecular weight excluding hydrogens is 266 g/mol. The second kappa shape index (κ2) is 5.79. The molecule has 1 fully saturated rings. The van der Waals surface area contributed by atoms with Gasteiger partial charge in [-0.15, -0.1) is 0 Å². The molecule has 1 aliphatic heterocycles. The van der Waals surface area contributed by atoms with Gasteiger partial charge in [-0.2, -0.15) is 5.10 Å². The molecule has 3 rings (SSSR count). The van der Waals surface area contributed by atoms with Crippen LogP contribution in [0.4, 0.5) is 5.95 Å². The van der Waals surface area contributed by atoms with E-state index in [1.807, 2.05) is 17.8 Å². The maximum absolute atomic E-state index is 5.63. The molecule has 0 bridgehead atoms. The van der Waals surface area contributed by atoms with Crippen LogP contribution in [0.5, 0.6) is 0 Å². The lowest BCUT2D eigenvalue weighted by atomic mass is 10.2. The third kappa shape index (κ3) is 3.20. The summed E-state index contributed by atoms with van der Waals surface area (Å²) in [4.78, 5) is 12.9. The van der Waals surface area contributed by atoms with E-state index in [0.29, 0.717) is 0 Å². The molecule has 1 aliphatic rings. The number of nitrogen functional groups attached to an aromatic ring is 1. The molecule has 112 valence electrons. The molecule has 0 saturated carbocycles. The molecule has 0 unspecified atom stereocenters. The van der Waals surface area contributed by atoms with Crippen molar-refractivity contribution >= 4 is 5.95 Å². The highest BCUT2D eigenvalue weighted by atomic mass is 15.3. The Kier molecular flexibility index (Phi) is 3.85. The van der Waals surface area contributed by atoms with E-state index in [0.717, 1.165) is 44.1 Å². The van der Waals surface area contributed by atoms with Crippen LogP contribution in [0.2, 0.25) is 0 Å². The number of anilines is 1. The molecule has 0 atom stereocenters. The minimum absolute atomic E-state index is 0.277. The fourth-order valence-electron chi connectivity index (χ4n) is 2.53. The first-order valence-electron chi connectivity index (χ1n) is 7.14. The molecule has 21 heavy (non-hydrogen) atoms. The molecule has 0 aromatic carbocycles. The number of likely N-dealkylation sites (N-methyl/N-ethyl adjacent to an activating group) is 1. The zero-order valence-electron chi connectivity index (χ0n) is 12.5. The number of hydrogen-bond donors (Lipinski definition) is 1. The van der Waals surface area contributed by atoms with Crippen molar-refractivity contribution in [2.24, 2.45) is 7.05 Å². The first-order chi connectivity index (χ1) is 10.1. The second-order valence-corrected chi connectivity index (χ2v) is 5.52. The lowest BCUT2D eigenvalue weighted by Gasteiger charge is -2.32. The average molecular weight is 287 g/mol. The lowest BCUT2D eigenvalue weighted by molar-refractivity contribution is 0.145. The van der Waals surface area contributed by atoms with Crippen LogP contribution in [-0.4, -0.2) is 62.8 Å². The van der Waals surface area contributed by atoms with E-state index >= 15 is 0 Å². The van der Waals surface area contributed by atoms with E-state index in [1.54, 1.807) is 6.20 Å². The van der Waals surface area contributed by atoms with E-state index in [4.69, 9.17) is 5.73 Å². The third-order valence-electron chi connectivity index (χ3n) is 3.89. The fourth-order valence-corrected chi connectivity index (χ4v) is 2.53. The van der Waals surface area contributed by atoms with Gasteiger partial charge in [0.25, 0.3) is 0 Å². The molecule has 0 spiro atoms. The van der Waals surface area contributed by atoms with Gasteiger partial charge in [0.2, 0.25) is 5.95 Å². The van der Waals surface area contributed by atoms with E-state index in [9.17, 15) is 0 Å². The summed E-state index contributed by atoms with van der Waals surface area (Å²) < 4.78 is 1.92. The van der Waals surface area contributed by atoms with Crippen molar-refractivity contribution in [3.05, 3.63) is 24.0 Å². The van der Waals surface area contributed by atoms with Gasteiger partial charge in [-0.05, 0) is 19.2 Å². The first kappa shape index (κ1) is 14.0. The average Bonchev–Trinajstić information content (AvgIpc) is 2.83. The summed E-state index contributed by atoms with van der Waals surface area (Å²) >= 11 is 0. The largest absolute Gasteiger partial charge is 0.368 e. The molecule has 7 nitrogen and oxygen atoms in total. The first-order valence-corrected chi connectivity index (χ1v) is 7.14. The molecule has 2 N–H and O–H groups in total. The van der Waals surface area contributed by atoms with Crippen molar-refractivity contribution in [2.75, 3.05) is 39.0 Å². The standard InChI is InChI=1S/C14H21N7/c1-19-5-7-21(8-6-19)10-11-9-13(18-20(11)2)12-3-4-16-14(15)17-12/h3-4,9H,5-8,10H2,1-2H3,(H2,15,16,17). The van der Waals surface area contributed by atoms with Crippen molar-refractivity contribution in [2.45, 2.75) is 6.54 Å². The Morgan fingerprint density at radius 2 is 1.90 bits per heavy atom. The molecular formula is C14H21N7. The van der Waals surface area contributed by atoms with E-state index < -0.39 is 0 Å². The van der Waals surface area contributed by atoms with E-state index in [-0.39, 0.29) is 5.95 Å². The van der Waals surface area contributed by atoms with Gasteiger partial charge >= 0.3 is 0 Å². The smallest absolute Gasteiger partial charge is 0.220 e. The summed E-state index contributed by atoms with van der Waals surface area (Å²) in [5.41, 5.74) is 8.43. The van der Waals surface area contributed by atoms with Crippen LogP contribution in [0.25, 0.3) is 11.4 Å². The summed E-state index contributed by atoms with van der Waals surface area (Å²) in [6, 6.07) is 3.92. The minimum atomic E-state index is 0.277. The highest BCUT2D eigenvalue weighted by Crippen LogP contribution is 2.18. The summed E-state index contributed by atoms with van der Waals surface area (Å²) in [6.45, 7) is 5.34. The van der Waals surface area contributed by atoms with Crippen LogP contribution >= 0.6 is 0 Å². The number of nitrogens with two attached hydrogens (primary N) is 1. The Bertz CT molecular complexity index is 614. The van der Waals surface area contributed by atoms with E-state index in [2.05, 4.69) is 38.0 Å². The number of rotatable bonds is 3. The number of piperazine rings is 1. The van der Waals surface area contributed by atoms with Gasteiger partial charge in [-0.3, -0.25) is 9.58 Å². The number of nitrogens with zero attached hydrogens (tertiary/aromatic N) is 6. The third-order valence-corrected chi connectivity index (χ3v) is 3.89. The number of hydrogen-bond acceptors (Lipinski definition) is 6. The van der Waals surface area contributed by atoms with Crippen molar-refractivity contribution in [1.29, 1.82) is 0 Å². The maximum atomic E-state index is 5.63. The van der Waals surface area contributed by atoms with Crippen molar-refractivity contribution in [1.82, 2.24) is 29.5 Å². The molecule has 3 heterocycles. The minimum Gasteiger partial charge on any atom is -0.368 e. The molecule has 0 amide bonds. The van der Waals surface area contributed by atoms with Gasteiger partial charge in [0.1, 0.15) is 5.69 Å². The van der Waals surface area contributed by atoms with Crippen LogP contribution < -0.4 is 5.73 Å². The van der Waals surface area contributed by atoms with Crippen LogP contribution in [0, 0.1) is 0 Å². The molecule has 2 aromatic rings. The van der Waals surface area contributed by atoms with Crippen LogP contribution in [0.15, 0.2) is 18.3 Å². The zero-order valence-corrected chi connectivity index (χ0v) is 12.5. The number of aryl methyl sites for hydroxylation is 1. The Labute approximate surface area is 124 Å². The van der Waals surface area contributed by atoms with Crippen LogP contribution in [0.1, 0.15) is 5.69 Å². The maximum Gasteiger partial charge on any atom is 0.220 e. The van der Waals surface area contributed by atoms with Gasteiger partial charge in [-0.1, -0.05) is 0 Å². The zero-order chi connectivity index (χ0) is 14.8. The Morgan fingerprint density at radius 3 is 2.62 bits per heavy atom. The second-order valence-electron chi connectivity index (χ2n) is 5.52. The normalized spacial score (nSPS) is 17.2. The lowest BCUT2D eigenvalue weighted by Crippen LogP contribution is -2.44. The Morgan fingerprint density at radius 1 is 1.14 bits per heavy atom. The van der Waals surface area contributed by atoms with Crippen LogP contribution in [0.3, 0.4) is 0 Å². The predicted molar refractivity (Wildman–Crippen MR) is 81.4 cm³/mol. The van der Waals surface area contributed by atoms with Crippen molar-refractivity contribution in [3.63, 3.8) is 0 Å². The van der Waals surface area contributed by atoms with Gasteiger partial charge in [0.05, 0.1) is 11.4 Å². The molecule has 0 radical (unpaired) electrons. The summed E-state index contributed by atoms with van der Waals surface area (Å²) in [5, 5.41) is 4.54. The van der Waals surface area contributed by atoms with Crippen LogP contribution in [-0.2, 0) is 13.6 Å². The molecule has 7 heteroatoms. The van der Waals surface area contributed by atoms with Crippen molar-refractivity contribution < 1.29 is 0 Å². The summed E-state index contributed by atoms with van der Waals surface area (Å²) in [7, 11) is 4.14. The quantitative estimate of drug-likeness (QED) is 0.869. The van der Waals surface area contributed by atoms with Gasteiger partial charge < -0.3 is 10.6 Å². The molecule has 2 aromatic heterocycles. The van der Waals surface area contributed by atoms with E-state index in [1.165, 1.54) is 5.69 Å². The molecule has 0 aliphatic carbocycles. The topological polar surface area (TPSA) is 76.1 Å². The van der Waals surface area contributed by atoms with Gasteiger partial charge in [0.15, 0.2) is 0 Å². The fraction of sp³-hybridized carbons (Fsp3) is 0.500. The highest BCUT2D eigenvalue weighted by Gasteiger charge is 2.16.